The van der Waals surface area contributed by atoms with E-state index in [2.05, 4.69) is 63.0 Å². The lowest BCUT2D eigenvalue weighted by Crippen LogP contribution is -2.43. The average molecular weight is 441 g/mol. The van der Waals surface area contributed by atoms with E-state index < -0.39 is 0 Å². The molecule has 0 radical (unpaired) electrons. The van der Waals surface area contributed by atoms with E-state index in [-0.39, 0.29) is 5.91 Å². The van der Waals surface area contributed by atoms with Crippen molar-refractivity contribution in [2.45, 2.75) is 0 Å². The number of carbonyl (C=O) groups is 1. The number of piperazine rings is 1. The van der Waals surface area contributed by atoms with Crippen molar-refractivity contribution in [3.8, 4) is 21.7 Å². The Morgan fingerprint density at radius 2 is 1.50 bits per heavy atom. The Labute approximate surface area is 191 Å². The number of rotatable bonds is 5. The number of aromatic nitrogens is 1. The van der Waals surface area contributed by atoms with Crippen LogP contribution in [-0.2, 0) is 0 Å². The Balaban J connectivity index is 1.32. The van der Waals surface area contributed by atoms with E-state index in [1.54, 1.807) is 0 Å². The Bertz CT molecular complexity index is 1200. The van der Waals surface area contributed by atoms with Crippen LogP contribution in [0.3, 0.4) is 0 Å². The molecule has 1 aliphatic heterocycles. The summed E-state index contributed by atoms with van der Waals surface area (Å²) in [7, 11) is 0. The molecule has 5 nitrogen and oxygen atoms in total. The molecule has 2 N–H and O–H groups in total. The summed E-state index contributed by atoms with van der Waals surface area (Å²) in [6, 6.07) is 26.5. The van der Waals surface area contributed by atoms with Gasteiger partial charge in [0.05, 0.1) is 11.4 Å². The molecule has 4 aromatic rings. The predicted molar refractivity (Wildman–Crippen MR) is 132 cm³/mol. The lowest BCUT2D eigenvalue weighted by atomic mass is 10.0. The van der Waals surface area contributed by atoms with E-state index >= 15 is 0 Å². The third-order valence-electron chi connectivity index (χ3n) is 5.59. The monoisotopic (exact) mass is 440 g/mol. The van der Waals surface area contributed by atoms with Crippen LogP contribution in [0.15, 0.2) is 84.2 Å². The number of anilines is 2. The fraction of sp³-hybridized carbons (Fsp3) is 0.154. The van der Waals surface area contributed by atoms with Gasteiger partial charge in [0.2, 0.25) is 0 Å². The van der Waals surface area contributed by atoms with Crippen LogP contribution in [0.25, 0.3) is 21.7 Å². The van der Waals surface area contributed by atoms with Gasteiger partial charge in [0, 0.05) is 37.1 Å². The highest BCUT2D eigenvalue weighted by Crippen LogP contribution is 2.29. The number of thiazole rings is 1. The van der Waals surface area contributed by atoms with Crippen LogP contribution in [0.2, 0.25) is 0 Å². The van der Waals surface area contributed by atoms with Gasteiger partial charge in [0.25, 0.3) is 5.91 Å². The van der Waals surface area contributed by atoms with Gasteiger partial charge in [-0.15, -0.1) is 11.3 Å². The second kappa shape index (κ2) is 9.34. The fourth-order valence-electron chi connectivity index (χ4n) is 3.89. The van der Waals surface area contributed by atoms with Gasteiger partial charge >= 0.3 is 0 Å². The van der Waals surface area contributed by atoms with Crippen LogP contribution in [0.5, 0.6) is 0 Å². The van der Waals surface area contributed by atoms with Crippen LogP contribution in [0.4, 0.5) is 11.4 Å². The Morgan fingerprint density at radius 3 is 2.28 bits per heavy atom. The first kappa shape index (κ1) is 20.4. The Kier molecular flexibility index (Phi) is 5.96. The van der Waals surface area contributed by atoms with Crippen molar-refractivity contribution in [1.82, 2.24) is 10.3 Å². The number of benzene rings is 3. The first-order valence-corrected chi connectivity index (χ1v) is 11.6. The molecule has 3 aromatic carbocycles. The minimum atomic E-state index is -0.184. The van der Waals surface area contributed by atoms with Crippen molar-refractivity contribution in [2.75, 3.05) is 36.4 Å². The zero-order valence-corrected chi connectivity index (χ0v) is 18.4. The van der Waals surface area contributed by atoms with Crippen LogP contribution in [0, 0.1) is 0 Å². The van der Waals surface area contributed by atoms with E-state index in [0.717, 1.165) is 53.7 Å². The lowest BCUT2D eigenvalue weighted by Gasteiger charge is -2.31. The van der Waals surface area contributed by atoms with Gasteiger partial charge in [-0.3, -0.25) is 4.79 Å². The van der Waals surface area contributed by atoms with Crippen LogP contribution >= 0.6 is 11.3 Å². The molecule has 5 rings (SSSR count). The highest BCUT2D eigenvalue weighted by molar-refractivity contribution is 7.13. The topological polar surface area (TPSA) is 57.3 Å². The third kappa shape index (κ3) is 4.42. The molecule has 0 atom stereocenters. The standard InChI is InChI=1S/C26H24N4OS/c31-25(28-22-8-4-5-9-24(22)30-16-14-27-15-17-30)23-18-32-26(29-23)21-12-10-20(11-13-21)19-6-2-1-3-7-19/h1-13,18,27H,14-17H2,(H,28,31). The minimum absolute atomic E-state index is 0.184. The first-order chi connectivity index (χ1) is 15.8. The Morgan fingerprint density at radius 1 is 0.844 bits per heavy atom. The Hall–Kier alpha value is -3.48. The third-order valence-corrected chi connectivity index (χ3v) is 6.48. The summed E-state index contributed by atoms with van der Waals surface area (Å²) in [4.78, 5) is 19.8. The second-order valence-electron chi connectivity index (χ2n) is 7.69. The summed E-state index contributed by atoms with van der Waals surface area (Å²) >= 11 is 1.48. The highest BCUT2D eigenvalue weighted by atomic mass is 32.1. The van der Waals surface area contributed by atoms with Crippen LogP contribution in [0.1, 0.15) is 10.5 Å². The fourth-order valence-corrected chi connectivity index (χ4v) is 4.70. The zero-order valence-electron chi connectivity index (χ0n) is 17.6. The summed E-state index contributed by atoms with van der Waals surface area (Å²) in [6.45, 7) is 3.74. The first-order valence-electron chi connectivity index (χ1n) is 10.8. The number of hydrogen-bond donors (Lipinski definition) is 2. The molecule has 1 aliphatic rings. The molecule has 1 saturated heterocycles. The molecule has 6 heteroatoms. The SMILES string of the molecule is O=C(Nc1ccccc1N1CCNCC1)c1csc(-c2ccc(-c3ccccc3)cc2)n1. The zero-order chi connectivity index (χ0) is 21.8. The van der Waals surface area contributed by atoms with E-state index in [1.807, 2.05) is 41.8 Å². The van der Waals surface area contributed by atoms with Crippen molar-refractivity contribution in [3.05, 3.63) is 89.9 Å². The largest absolute Gasteiger partial charge is 0.367 e. The molecule has 1 fully saturated rings. The van der Waals surface area contributed by atoms with Crippen molar-refractivity contribution in [3.63, 3.8) is 0 Å². The van der Waals surface area contributed by atoms with Gasteiger partial charge in [-0.2, -0.15) is 0 Å². The molecular formula is C26H24N4OS. The lowest BCUT2D eigenvalue weighted by molar-refractivity contribution is 0.102. The summed E-state index contributed by atoms with van der Waals surface area (Å²) in [5.74, 6) is -0.184. The summed E-state index contributed by atoms with van der Waals surface area (Å²) < 4.78 is 0. The number of hydrogen-bond acceptors (Lipinski definition) is 5. The maximum Gasteiger partial charge on any atom is 0.275 e. The average Bonchev–Trinajstić information content (AvgIpc) is 3.36. The molecule has 0 unspecified atom stereocenters. The van der Waals surface area contributed by atoms with Gasteiger partial charge in [-0.1, -0.05) is 66.7 Å². The molecule has 0 bridgehead atoms. The molecule has 0 spiro atoms. The van der Waals surface area contributed by atoms with Crippen LogP contribution in [-0.4, -0.2) is 37.1 Å². The molecule has 2 heterocycles. The number of para-hydroxylation sites is 2. The normalized spacial score (nSPS) is 13.7. The number of amides is 1. The van der Waals surface area contributed by atoms with E-state index in [0.29, 0.717) is 5.69 Å². The van der Waals surface area contributed by atoms with Gasteiger partial charge < -0.3 is 15.5 Å². The van der Waals surface area contributed by atoms with Gasteiger partial charge in [0.1, 0.15) is 10.7 Å². The summed E-state index contributed by atoms with van der Waals surface area (Å²) in [6.07, 6.45) is 0. The predicted octanol–water partition coefficient (Wildman–Crippen LogP) is 5.14. The number of nitrogens with zero attached hydrogens (tertiary/aromatic N) is 2. The number of carbonyl (C=O) groups excluding carboxylic acids is 1. The van der Waals surface area contributed by atoms with E-state index in [1.165, 1.54) is 16.9 Å². The molecule has 0 aliphatic carbocycles. The smallest absolute Gasteiger partial charge is 0.275 e. The summed E-state index contributed by atoms with van der Waals surface area (Å²) in [5.41, 5.74) is 5.66. The molecule has 1 amide bonds. The van der Waals surface area contributed by atoms with Gasteiger partial charge in [0.15, 0.2) is 0 Å². The van der Waals surface area contributed by atoms with Crippen molar-refractivity contribution in [1.29, 1.82) is 0 Å². The minimum Gasteiger partial charge on any atom is -0.367 e. The van der Waals surface area contributed by atoms with Crippen LogP contribution < -0.4 is 15.5 Å². The van der Waals surface area contributed by atoms with Gasteiger partial charge in [-0.05, 0) is 23.3 Å². The molecule has 32 heavy (non-hydrogen) atoms. The van der Waals surface area contributed by atoms with E-state index in [4.69, 9.17) is 0 Å². The van der Waals surface area contributed by atoms with E-state index in [9.17, 15) is 4.79 Å². The quantitative estimate of drug-likeness (QED) is 0.451. The molecular weight excluding hydrogens is 416 g/mol. The maximum absolute atomic E-state index is 12.9. The second-order valence-corrected chi connectivity index (χ2v) is 8.55. The van der Waals surface area contributed by atoms with Crippen molar-refractivity contribution in [2.24, 2.45) is 0 Å². The highest BCUT2D eigenvalue weighted by Gasteiger charge is 2.17. The maximum atomic E-state index is 12.9. The number of nitrogens with one attached hydrogen (secondary N) is 2. The van der Waals surface area contributed by atoms with Crippen molar-refractivity contribution >= 4 is 28.6 Å². The van der Waals surface area contributed by atoms with Gasteiger partial charge in [-0.25, -0.2) is 4.98 Å². The summed E-state index contributed by atoms with van der Waals surface area (Å²) in [5, 5.41) is 9.09. The van der Waals surface area contributed by atoms with Crippen molar-refractivity contribution < 1.29 is 4.79 Å². The molecule has 160 valence electrons. The molecule has 0 saturated carbocycles. The molecule has 1 aromatic heterocycles.